The number of benzene rings is 1. The minimum Gasteiger partial charge on any atom is -0.494 e. The zero-order valence-electron chi connectivity index (χ0n) is 26.0. The number of aliphatic carboxylic acids is 1. The number of unbranched alkanes of at least 4 members (excludes halogenated alkanes) is 1. The second-order valence-corrected chi connectivity index (χ2v) is 10.6. The normalized spacial score (nSPS) is 18.2. The maximum atomic E-state index is 12.5. The SMILES string of the molecule is CCCCOc1ccc(C[C@H]2CN(CC(=O)OC)CCN(CC(=O)OC)CCN(CC(=O)O)CCN2CC(=O)OC)cc1. The molecule has 1 fully saturated rings. The molecule has 0 unspecified atom stereocenters. The second kappa shape index (κ2) is 19.8. The molecule has 0 aliphatic carbocycles. The van der Waals surface area contributed by atoms with Gasteiger partial charge in [0, 0.05) is 51.9 Å². The van der Waals surface area contributed by atoms with Crippen molar-refractivity contribution in [3.63, 3.8) is 0 Å². The molecule has 0 bridgehead atoms. The van der Waals surface area contributed by atoms with Crippen LogP contribution >= 0.6 is 0 Å². The molecular formula is C30H48N4O9. The summed E-state index contributed by atoms with van der Waals surface area (Å²) < 4.78 is 20.7. The van der Waals surface area contributed by atoms with Gasteiger partial charge < -0.3 is 24.1 Å². The van der Waals surface area contributed by atoms with Crippen LogP contribution in [0.5, 0.6) is 5.75 Å². The van der Waals surface area contributed by atoms with Crippen LogP contribution in [0.15, 0.2) is 24.3 Å². The Kier molecular flexibility index (Phi) is 16.6. The molecule has 13 nitrogen and oxygen atoms in total. The molecular weight excluding hydrogens is 560 g/mol. The van der Waals surface area contributed by atoms with Gasteiger partial charge >= 0.3 is 23.9 Å². The number of carboxylic acids is 1. The van der Waals surface area contributed by atoms with Crippen molar-refractivity contribution in [1.29, 1.82) is 0 Å². The van der Waals surface area contributed by atoms with Crippen molar-refractivity contribution in [3.8, 4) is 5.75 Å². The van der Waals surface area contributed by atoms with Crippen molar-refractivity contribution in [2.75, 3.05) is 99.9 Å². The van der Waals surface area contributed by atoms with Crippen molar-refractivity contribution < 1.29 is 43.2 Å². The molecule has 1 saturated heterocycles. The van der Waals surface area contributed by atoms with E-state index in [4.69, 9.17) is 18.9 Å². The van der Waals surface area contributed by atoms with E-state index in [0.29, 0.717) is 58.8 Å². The van der Waals surface area contributed by atoms with Crippen LogP contribution in [0.25, 0.3) is 0 Å². The van der Waals surface area contributed by atoms with E-state index in [2.05, 4.69) is 6.92 Å². The molecule has 0 spiro atoms. The van der Waals surface area contributed by atoms with Gasteiger partial charge in [-0.05, 0) is 30.5 Å². The Morgan fingerprint density at radius 3 is 1.81 bits per heavy atom. The van der Waals surface area contributed by atoms with E-state index in [1.807, 2.05) is 39.0 Å². The van der Waals surface area contributed by atoms with Gasteiger partial charge in [-0.1, -0.05) is 25.5 Å². The minimum absolute atomic E-state index is 0.000814. The highest BCUT2D eigenvalue weighted by Gasteiger charge is 2.28. The molecule has 2 rings (SSSR count). The third-order valence-electron chi connectivity index (χ3n) is 7.39. The van der Waals surface area contributed by atoms with Gasteiger partial charge in [-0.3, -0.25) is 38.8 Å². The smallest absolute Gasteiger partial charge is 0.319 e. The first kappa shape index (κ1) is 35.9. The molecule has 0 radical (unpaired) electrons. The summed E-state index contributed by atoms with van der Waals surface area (Å²) in [6.07, 6.45) is 2.56. The largest absolute Gasteiger partial charge is 0.494 e. The van der Waals surface area contributed by atoms with Crippen LogP contribution in [0.4, 0.5) is 0 Å². The van der Waals surface area contributed by atoms with Crippen LogP contribution in [-0.2, 0) is 39.8 Å². The van der Waals surface area contributed by atoms with E-state index in [1.165, 1.54) is 21.3 Å². The molecule has 0 amide bonds. The van der Waals surface area contributed by atoms with E-state index >= 15 is 0 Å². The van der Waals surface area contributed by atoms with Gasteiger partial charge in [-0.25, -0.2) is 0 Å². The minimum atomic E-state index is -0.965. The number of carbonyl (C=O) groups is 4. The molecule has 1 atom stereocenters. The van der Waals surface area contributed by atoms with Crippen LogP contribution < -0.4 is 4.74 Å². The second-order valence-electron chi connectivity index (χ2n) is 10.6. The predicted molar refractivity (Wildman–Crippen MR) is 159 cm³/mol. The summed E-state index contributed by atoms with van der Waals surface area (Å²) in [6, 6.07) is 7.60. The lowest BCUT2D eigenvalue weighted by Crippen LogP contribution is -2.53. The van der Waals surface area contributed by atoms with Gasteiger partial charge in [-0.2, -0.15) is 0 Å². The molecule has 0 saturated carbocycles. The van der Waals surface area contributed by atoms with Crippen LogP contribution in [-0.4, -0.2) is 155 Å². The quantitative estimate of drug-likeness (QED) is 0.179. The summed E-state index contributed by atoms with van der Waals surface area (Å²) in [5.74, 6) is -1.39. The summed E-state index contributed by atoms with van der Waals surface area (Å²) in [7, 11) is 4.00. The first-order valence-electron chi connectivity index (χ1n) is 14.7. The van der Waals surface area contributed by atoms with Gasteiger partial charge in [0.05, 0.1) is 54.1 Å². The van der Waals surface area contributed by atoms with E-state index < -0.39 is 23.9 Å². The third kappa shape index (κ3) is 14.2. The number of esters is 3. The Balaban J connectivity index is 2.41. The average molecular weight is 609 g/mol. The van der Waals surface area contributed by atoms with Crippen LogP contribution in [0.3, 0.4) is 0 Å². The summed E-state index contributed by atoms with van der Waals surface area (Å²) in [4.78, 5) is 56.4. The Bertz CT molecular complexity index is 1010. The Labute approximate surface area is 254 Å². The summed E-state index contributed by atoms with van der Waals surface area (Å²) >= 11 is 0. The fraction of sp³-hybridized carbons (Fsp3) is 0.667. The monoisotopic (exact) mass is 608 g/mol. The fourth-order valence-corrected chi connectivity index (χ4v) is 4.85. The molecule has 1 N–H and O–H groups in total. The highest BCUT2D eigenvalue weighted by atomic mass is 16.5. The van der Waals surface area contributed by atoms with Crippen LogP contribution in [0.2, 0.25) is 0 Å². The Hall–Kier alpha value is -3.26. The standard InChI is InChI=1S/C30H48N4O9/c1-5-6-17-43-26-9-7-24(8-10-26)18-25-19-33(22-29(38)41-3)14-13-32(21-28(37)40-2)12-11-31(20-27(35)36)15-16-34(25)23-30(39)42-4/h7-10,25H,5-6,11-23H2,1-4H3,(H,35,36)/t25-/m0/s1. The van der Waals surface area contributed by atoms with Crippen molar-refractivity contribution in [2.45, 2.75) is 32.2 Å². The third-order valence-corrected chi connectivity index (χ3v) is 7.39. The fourth-order valence-electron chi connectivity index (χ4n) is 4.85. The molecule has 1 heterocycles. The number of rotatable bonds is 14. The van der Waals surface area contributed by atoms with Crippen molar-refractivity contribution in [2.24, 2.45) is 0 Å². The first-order valence-corrected chi connectivity index (χ1v) is 14.7. The van der Waals surface area contributed by atoms with Gasteiger partial charge in [0.2, 0.25) is 0 Å². The van der Waals surface area contributed by atoms with Gasteiger partial charge in [0.1, 0.15) is 5.75 Å². The number of ether oxygens (including phenoxy) is 4. The average Bonchev–Trinajstić information content (AvgIpc) is 2.99. The van der Waals surface area contributed by atoms with E-state index in [1.54, 1.807) is 4.90 Å². The predicted octanol–water partition coefficient (Wildman–Crippen LogP) is 0.602. The molecule has 0 aromatic heterocycles. The summed E-state index contributed by atoms with van der Waals surface area (Å²) in [5.41, 5.74) is 1.02. The van der Waals surface area contributed by atoms with E-state index in [0.717, 1.165) is 24.2 Å². The zero-order chi connectivity index (χ0) is 31.6. The van der Waals surface area contributed by atoms with Gasteiger partial charge in [0.15, 0.2) is 0 Å². The van der Waals surface area contributed by atoms with Gasteiger partial charge in [0.25, 0.3) is 0 Å². The zero-order valence-corrected chi connectivity index (χ0v) is 26.0. The van der Waals surface area contributed by atoms with Gasteiger partial charge in [-0.15, -0.1) is 0 Å². The summed E-state index contributed by atoms with van der Waals surface area (Å²) in [5, 5.41) is 9.55. The number of carboxylic acid groups (broad SMARTS) is 1. The number of carbonyl (C=O) groups excluding carboxylic acids is 3. The van der Waals surface area contributed by atoms with Crippen molar-refractivity contribution in [1.82, 2.24) is 19.6 Å². The van der Waals surface area contributed by atoms with Crippen LogP contribution in [0, 0.1) is 0 Å². The lowest BCUT2D eigenvalue weighted by Gasteiger charge is -2.38. The summed E-state index contributed by atoms with van der Waals surface area (Å²) in [6.45, 7) is 5.46. The topological polar surface area (TPSA) is 138 Å². The highest BCUT2D eigenvalue weighted by Crippen LogP contribution is 2.17. The number of hydrogen-bond acceptors (Lipinski definition) is 12. The van der Waals surface area contributed by atoms with Crippen molar-refractivity contribution >= 4 is 23.9 Å². The maximum absolute atomic E-state index is 12.5. The molecule has 1 aromatic rings. The number of nitrogens with zero attached hydrogens (tertiary/aromatic N) is 4. The lowest BCUT2D eigenvalue weighted by molar-refractivity contribution is -0.145. The molecule has 1 aliphatic rings. The Morgan fingerprint density at radius 1 is 0.744 bits per heavy atom. The molecule has 242 valence electrons. The maximum Gasteiger partial charge on any atom is 0.319 e. The number of hydrogen-bond donors (Lipinski definition) is 1. The lowest BCUT2D eigenvalue weighted by atomic mass is 10.0. The van der Waals surface area contributed by atoms with Crippen LogP contribution in [0.1, 0.15) is 25.3 Å². The molecule has 1 aromatic carbocycles. The molecule has 13 heteroatoms. The van der Waals surface area contributed by atoms with E-state index in [-0.39, 0.29) is 32.2 Å². The first-order chi connectivity index (χ1) is 20.7. The highest BCUT2D eigenvalue weighted by molar-refractivity contribution is 5.72. The van der Waals surface area contributed by atoms with E-state index in [9.17, 15) is 24.3 Å². The van der Waals surface area contributed by atoms with Crippen molar-refractivity contribution in [3.05, 3.63) is 29.8 Å². The Morgan fingerprint density at radius 2 is 1.26 bits per heavy atom. The molecule has 43 heavy (non-hydrogen) atoms. The molecule has 1 aliphatic heterocycles. The number of methoxy groups -OCH3 is 3.